The highest BCUT2D eigenvalue weighted by Crippen LogP contribution is 1.91. The Morgan fingerprint density at radius 1 is 1.29 bits per heavy atom. The van der Waals surface area contributed by atoms with E-state index in [1.807, 2.05) is 0 Å². The highest BCUT2D eigenvalue weighted by atomic mass is 28.2. The predicted molar refractivity (Wildman–Crippen MR) is 56.2 cm³/mol. The molecule has 0 atom stereocenters. The third kappa shape index (κ3) is 8.61. The summed E-state index contributed by atoms with van der Waals surface area (Å²) in [5, 5.41) is 3.19. The largest absolute Gasteiger partial charge is 0.412 e. The van der Waals surface area contributed by atoms with Crippen LogP contribution in [0.2, 0.25) is 6.04 Å². The molecule has 0 aliphatic rings. The van der Waals surface area contributed by atoms with E-state index in [0.29, 0.717) is 22.9 Å². The third-order valence-electron chi connectivity index (χ3n) is 1.57. The van der Waals surface area contributed by atoms with Crippen molar-refractivity contribution >= 4 is 9.76 Å². The second-order valence-corrected chi connectivity index (χ2v) is 3.72. The Morgan fingerprint density at radius 3 is 2.57 bits per heavy atom. The Labute approximate surface area is 88.2 Å². The molecule has 0 unspecified atom stereocenters. The SMILES string of the molecule is COC(CO[Si]CCNCCN)OC. The van der Waals surface area contributed by atoms with Gasteiger partial charge in [0, 0.05) is 27.3 Å². The lowest BCUT2D eigenvalue weighted by atomic mass is 10.6. The van der Waals surface area contributed by atoms with Gasteiger partial charge in [0.2, 0.25) is 9.76 Å². The number of nitrogens with one attached hydrogen (secondary N) is 1. The second-order valence-electron chi connectivity index (χ2n) is 2.64. The van der Waals surface area contributed by atoms with Gasteiger partial charge in [-0.05, 0) is 12.6 Å². The maximum atomic E-state index is 5.36. The molecule has 0 heterocycles. The first-order valence-corrected chi connectivity index (χ1v) is 5.77. The Kier molecular flexibility index (Phi) is 11.1. The molecular formula is C8H20N2O3Si. The van der Waals surface area contributed by atoms with E-state index < -0.39 is 0 Å². The molecule has 0 saturated heterocycles. The zero-order valence-electron chi connectivity index (χ0n) is 8.91. The number of hydrogen-bond donors (Lipinski definition) is 2. The van der Waals surface area contributed by atoms with Crippen molar-refractivity contribution in [2.45, 2.75) is 12.3 Å². The van der Waals surface area contributed by atoms with Crippen molar-refractivity contribution < 1.29 is 13.9 Å². The minimum absolute atomic E-state index is 0.250. The monoisotopic (exact) mass is 220 g/mol. The average molecular weight is 220 g/mol. The van der Waals surface area contributed by atoms with E-state index in [0.717, 1.165) is 19.1 Å². The highest BCUT2D eigenvalue weighted by molar-refractivity contribution is 6.27. The summed E-state index contributed by atoms with van der Waals surface area (Å²) in [6.45, 7) is 2.98. The Bertz CT molecular complexity index is 115. The topological polar surface area (TPSA) is 65.7 Å². The predicted octanol–water partition coefficient (Wildman–Crippen LogP) is -0.792. The fourth-order valence-electron chi connectivity index (χ4n) is 0.798. The zero-order valence-corrected chi connectivity index (χ0v) is 9.91. The van der Waals surface area contributed by atoms with Crippen LogP contribution in [0, 0.1) is 0 Å². The van der Waals surface area contributed by atoms with Gasteiger partial charge in [0.25, 0.3) is 0 Å². The third-order valence-corrected chi connectivity index (χ3v) is 2.40. The van der Waals surface area contributed by atoms with Crippen LogP contribution < -0.4 is 11.1 Å². The fourth-order valence-corrected chi connectivity index (χ4v) is 1.48. The van der Waals surface area contributed by atoms with Crippen molar-refractivity contribution in [3.63, 3.8) is 0 Å². The standard InChI is InChI=1S/C8H20N2O3Si/c1-11-8(12-2)7-13-14-6-5-10-4-3-9/h8,10H,3-7,9H2,1-2H3. The first kappa shape index (κ1) is 14.0. The van der Waals surface area contributed by atoms with Crippen LogP contribution in [0.25, 0.3) is 0 Å². The van der Waals surface area contributed by atoms with E-state index in [9.17, 15) is 0 Å². The Hall–Kier alpha value is 0.0169. The van der Waals surface area contributed by atoms with E-state index in [-0.39, 0.29) is 6.29 Å². The van der Waals surface area contributed by atoms with Gasteiger partial charge in [0.1, 0.15) is 0 Å². The quantitative estimate of drug-likeness (QED) is 0.287. The van der Waals surface area contributed by atoms with Crippen LogP contribution in [0.5, 0.6) is 0 Å². The van der Waals surface area contributed by atoms with Crippen molar-refractivity contribution in [2.75, 3.05) is 40.5 Å². The molecule has 0 aromatic rings. The summed E-state index contributed by atoms with van der Waals surface area (Å²) in [5.74, 6) is 0. The number of hydrogen-bond acceptors (Lipinski definition) is 5. The van der Waals surface area contributed by atoms with Crippen LogP contribution in [0.4, 0.5) is 0 Å². The fraction of sp³-hybridized carbons (Fsp3) is 1.00. The van der Waals surface area contributed by atoms with Gasteiger partial charge >= 0.3 is 0 Å². The van der Waals surface area contributed by atoms with Crippen LogP contribution in [0.3, 0.4) is 0 Å². The lowest BCUT2D eigenvalue weighted by Crippen LogP contribution is -2.25. The van der Waals surface area contributed by atoms with Crippen LogP contribution in [-0.4, -0.2) is 56.5 Å². The molecule has 0 aliphatic carbocycles. The minimum Gasteiger partial charge on any atom is -0.412 e. The Morgan fingerprint density at radius 2 is 2.00 bits per heavy atom. The zero-order chi connectivity index (χ0) is 10.6. The molecule has 0 aromatic carbocycles. The van der Waals surface area contributed by atoms with Crippen molar-refractivity contribution in [3.05, 3.63) is 0 Å². The molecule has 5 nitrogen and oxygen atoms in total. The first-order chi connectivity index (χ1) is 6.85. The van der Waals surface area contributed by atoms with Gasteiger partial charge < -0.3 is 25.0 Å². The lowest BCUT2D eigenvalue weighted by Gasteiger charge is -2.12. The molecule has 0 amide bonds. The molecule has 3 N–H and O–H groups in total. The highest BCUT2D eigenvalue weighted by Gasteiger charge is 2.03. The number of rotatable bonds is 10. The normalized spacial score (nSPS) is 11.1. The van der Waals surface area contributed by atoms with Crippen LogP contribution in [0.15, 0.2) is 0 Å². The van der Waals surface area contributed by atoms with Crippen molar-refractivity contribution in [1.82, 2.24) is 5.32 Å². The summed E-state index contributed by atoms with van der Waals surface area (Å²) in [7, 11) is 3.68. The van der Waals surface area contributed by atoms with Crippen molar-refractivity contribution in [1.29, 1.82) is 0 Å². The van der Waals surface area contributed by atoms with E-state index in [4.69, 9.17) is 19.6 Å². The van der Waals surface area contributed by atoms with Crippen LogP contribution >= 0.6 is 0 Å². The number of methoxy groups -OCH3 is 2. The van der Waals surface area contributed by atoms with E-state index in [1.54, 1.807) is 14.2 Å². The summed E-state index contributed by atoms with van der Waals surface area (Å²) < 4.78 is 15.3. The molecule has 0 fully saturated rings. The molecule has 0 rings (SSSR count). The molecule has 0 aliphatic heterocycles. The van der Waals surface area contributed by atoms with Crippen LogP contribution in [-0.2, 0) is 13.9 Å². The van der Waals surface area contributed by atoms with Gasteiger partial charge in [-0.3, -0.25) is 0 Å². The molecule has 0 aromatic heterocycles. The van der Waals surface area contributed by atoms with Gasteiger partial charge in [-0.25, -0.2) is 0 Å². The van der Waals surface area contributed by atoms with E-state index in [2.05, 4.69) is 5.32 Å². The van der Waals surface area contributed by atoms with Gasteiger partial charge in [0.15, 0.2) is 6.29 Å². The molecule has 0 saturated carbocycles. The molecule has 84 valence electrons. The smallest absolute Gasteiger partial charge is 0.231 e. The first-order valence-electron chi connectivity index (χ1n) is 4.66. The Balaban J connectivity index is 3.04. The molecular weight excluding hydrogens is 200 g/mol. The lowest BCUT2D eigenvalue weighted by molar-refractivity contribution is -0.121. The summed E-state index contributed by atoms with van der Waals surface area (Å²) in [6, 6.07) is 1.00. The van der Waals surface area contributed by atoms with Crippen LogP contribution in [0.1, 0.15) is 0 Å². The van der Waals surface area contributed by atoms with E-state index in [1.165, 1.54) is 0 Å². The average Bonchev–Trinajstić information content (AvgIpc) is 2.22. The summed E-state index contributed by atoms with van der Waals surface area (Å²) in [6.07, 6.45) is -0.250. The van der Waals surface area contributed by atoms with Gasteiger partial charge in [-0.2, -0.15) is 0 Å². The molecule has 0 spiro atoms. The van der Waals surface area contributed by atoms with Gasteiger partial charge in [-0.1, -0.05) is 0 Å². The second kappa shape index (κ2) is 11.1. The maximum Gasteiger partial charge on any atom is 0.231 e. The minimum atomic E-state index is -0.250. The number of ether oxygens (including phenoxy) is 2. The van der Waals surface area contributed by atoms with Crippen molar-refractivity contribution in [2.24, 2.45) is 5.73 Å². The van der Waals surface area contributed by atoms with Gasteiger partial charge in [-0.15, -0.1) is 0 Å². The molecule has 6 heteroatoms. The molecule has 2 radical (unpaired) electrons. The number of nitrogens with two attached hydrogens (primary N) is 1. The van der Waals surface area contributed by atoms with Crippen molar-refractivity contribution in [3.8, 4) is 0 Å². The molecule has 14 heavy (non-hydrogen) atoms. The summed E-state index contributed by atoms with van der Waals surface area (Å²) in [4.78, 5) is 0. The summed E-state index contributed by atoms with van der Waals surface area (Å²) in [5.41, 5.74) is 5.32. The summed E-state index contributed by atoms with van der Waals surface area (Å²) >= 11 is 0. The van der Waals surface area contributed by atoms with Gasteiger partial charge in [0.05, 0.1) is 6.61 Å². The van der Waals surface area contributed by atoms with E-state index >= 15 is 0 Å². The maximum absolute atomic E-state index is 5.36. The molecule has 0 bridgehead atoms.